The van der Waals surface area contributed by atoms with Crippen molar-refractivity contribution in [3.63, 3.8) is 0 Å². The molecule has 4 heteroatoms. The molecule has 1 saturated heterocycles. The number of nitrogens with zero attached hydrogens (tertiary/aromatic N) is 2. The van der Waals surface area contributed by atoms with Crippen molar-refractivity contribution in [2.24, 2.45) is 0 Å². The Balaban J connectivity index is 1.88. The van der Waals surface area contributed by atoms with Crippen molar-refractivity contribution in [1.82, 2.24) is 9.80 Å². The fourth-order valence-electron chi connectivity index (χ4n) is 3.92. The molecule has 2 unspecified atom stereocenters. The van der Waals surface area contributed by atoms with Gasteiger partial charge in [0.2, 0.25) is 0 Å². The standard InChI is InChI=1S/C18H28N2O2/c1-5-19-9-11-20(12-10-19)17-15(21)14-8-6-7-13(2)16(14)22-18(17,3)4/h6-8,15,17,21H,5,9-12H2,1-4H3. The SMILES string of the molecule is CCN1CCN(C2C(O)c3cccc(C)c3OC2(C)C)CC1. The Bertz CT molecular complexity index is 536. The number of fused-ring (bicyclic) bond motifs is 1. The molecule has 2 atom stereocenters. The molecule has 0 spiro atoms. The van der Waals surface area contributed by atoms with Gasteiger partial charge in [0, 0.05) is 31.7 Å². The Kier molecular flexibility index (Phi) is 4.19. The first-order chi connectivity index (χ1) is 10.4. The molecule has 4 nitrogen and oxygen atoms in total. The second kappa shape index (κ2) is 5.84. The molecule has 2 aliphatic rings. The van der Waals surface area contributed by atoms with Crippen molar-refractivity contribution >= 4 is 0 Å². The van der Waals surface area contributed by atoms with Gasteiger partial charge in [-0.1, -0.05) is 25.1 Å². The maximum absolute atomic E-state index is 11.0. The number of rotatable bonds is 2. The average Bonchev–Trinajstić information content (AvgIpc) is 2.49. The third-order valence-corrected chi connectivity index (χ3v) is 5.18. The first-order valence-electron chi connectivity index (χ1n) is 8.37. The molecule has 0 bridgehead atoms. The van der Waals surface area contributed by atoms with E-state index in [4.69, 9.17) is 4.74 Å². The fraction of sp³-hybridized carbons (Fsp3) is 0.667. The zero-order valence-electron chi connectivity index (χ0n) is 14.2. The lowest BCUT2D eigenvalue weighted by Crippen LogP contribution is -2.62. The molecule has 2 aliphatic heterocycles. The molecular weight excluding hydrogens is 276 g/mol. The molecule has 1 aromatic carbocycles. The van der Waals surface area contributed by atoms with Gasteiger partial charge in [-0.3, -0.25) is 4.90 Å². The molecule has 1 fully saturated rings. The van der Waals surface area contributed by atoms with Gasteiger partial charge in [-0.25, -0.2) is 0 Å². The van der Waals surface area contributed by atoms with Crippen molar-refractivity contribution in [2.45, 2.75) is 45.4 Å². The van der Waals surface area contributed by atoms with E-state index in [1.807, 2.05) is 25.1 Å². The third-order valence-electron chi connectivity index (χ3n) is 5.18. The Morgan fingerprint density at radius 2 is 1.91 bits per heavy atom. The quantitative estimate of drug-likeness (QED) is 0.909. The van der Waals surface area contributed by atoms with Gasteiger partial charge in [-0.05, 0) is 32.9 Å². The van der Waals surface area contributed by atoms with Crippen LogP contribution >= 0.6 is 0 Å². The monoisotopic (exact) mass is 304 g/mol. The van der Waals surface area contributed by atoms with Crippen LogP contribution in [0.15, 0.2) is 18.2 Å². The summed E-state index contributed by atoms with van der Waals surface area (Å²) in [5, 5.41) is 11.0. The summed E-state index contributed by atoms with van der Waals surface area (Å²) < 4.78 is 6.32. The summed E-state index contributed by atoms with van der Waals surface area (Å²) in [6, 6.07) is 6.05. The largest absolute Gasteiger partial charge is 0.485 e. The first-order valence-corrected chi connectivity index (χ1v) is 8.37. The third kappa shape index (κ3) is 2.64. The number of hydrogen-bond donors (Lipinski definition) is 1. The van der Waals surface area contributed by atoms with Gasteiger partial charge in [0.1, 0.15) is 17.5 Å². The zero-order chi connectivity index (χ0) is 15.9. The molecule has 0 radical (unpaired) electrons. The summed E-state index contributed by atoms with van der Waals surface area (Å²) in [4.78, 5) is 4.86. The smallest absolute Gasteiger partial charge is 0.128 e. The van der Waals surface area contributed by atoms with Crippen LogP contribution in [0.5, 0.6) is 5.75 Å². The van der Waals surface area contributed by atoms with Gasteiger partial charge >= 0.3 is 0 Å². The van der Waals surface area contributed by atoms with Crippen LogP contribution < -0.4 is 4.74 Å². The highest BCUT2D eigenvalue weighted by Crippen LogP contribution is 2.43. The van der Waals surface area contributed by atoms with Crippen LogP contribution in [0.25, 0.3) is 0 Å². The Labute approximate surface area is 133 Å². The Hall–Kier alpha value is -1.10. The molecule has 2 heterocycles. The van der Waals surface area contributed by atoms with E-state index in [1.54, 1.807) is 0 Å². The number of aryl methyl sites for hydroxylation is 1. The molecule has 0 aromatic heterocycles. The van der Waals surface area contributed by atoms with Crippen molar-refractivity contribution in [2.75, 3.05) is 32.7 Å². The highest BCUT2D eigenvalue weighted by molar-refractivity contribution is 5.45. The van der Waals surface area contributed by atoms with E-state index in [9.17, 15) is 5.11 Å². The van der Waals surface area contributed by atoms with E-state index in [-0.39, 0.29) is 6.04 Å². The minimum atomic E-state index is -0.494. The average molecular weight is 304 g/mol. The van der Waals surface area contributed by atoms with Crippen molar-refractivity contribution < 1.29 is 9.84 Å². The molecule has 1 N–H and O–H groups in total. The first kappa shape index (κ1) is 15.8. The van der Waals surface area contributed by atoms with Crippen LogP contribution in [-0.2, 0) is 0 Å². The maximum Gasteiger partial charge on any atom is 0.128 e. The number of hydrogen-bond acceptors (Lipinski definition) is 4. The van der Waals surface area contributed by atoms with Crippen LogP contribution in [0.1, 0.15) is 38.0 Å². The lowest BCUT2D eigenvalue weighted by molar-refractivity contribution is -0.0932. The fourth-order valence-corrected chi connectivity index (χ4v) is 3.92. The topological polar surface area (TPSA) is 35.9 Å². The van der Waals surface area contributed by atoms with E-state index in [0.717, 1.165) is 49.6 Å². The maximum atomic E-state index is 11.0. The van der Waals surface area contributed by atoms with E-state index >= 15 is 0 Å². The van der Waals surface area contributed by atoms with E-state index in [1.165, 1.54) is 0 Å². The van der Waals surface area contributed by atoms with Crippen LogP contribution in [0, 0.1) is 6.92 Å². The van der Waals surface area contributed by atoms with Crippen LogP contribution in [-0.4, -0.2) is 59.3 Å². The normalized spacial score (nSPS) is 29.0. The summed E-state index contributed by atoms with van der Waals surface area (Å²) in [6.45, 7) is 13.7. The van der Waals surface area contributed by atoms with E-state index < -0.39 is 11.7 Å². The molecule has 1 aromatic rings. The van der Waals surface area contributed by atoms with E-state index in [0.29, 0.717) is 0 Å². The molecule has 3 rings (SSSR count). The lowest BCUT2D eigenvalue weighted by atomic mass is 9.84. The van der Waals surface area contributed by atoms with Crippen LogP contribution in [0.2, 0.25) is 0 Å². The molecule has 122 valence electrons. The second-order valence-corrected chi connectivity index (χ2v) is 7.06. The number of piperazine rings is 1. The molecule has 0 amide bonds. The lowest BCUT2D eigenvalue weighted by Gasteiger charge is -2.50. The van der Waals surface area contributed by atoms with Gasteiger partial charge in [-0.2, -0.15) is 0 Å². The summed E-state index contributed by atoms with van der Waals surface area (Å²) in [5.41, 5.74) is 1.63. The highest BCUT2D eigenvalue weighted by Gasteiger charge is 2.47. The number of aliphatic hydroxyl groups excluding tert-OH is 1. The molecular formula is C18H28N2O2. The summed E-state index contributed by atoms with van der Waals surface area (Å²) >= 11 is 0. The van der Waals surface area contributed by atoms with Gasteiger partial charge in [-0.15, -0.1) is 0 Å². The van der Waals surface area contributed by atoms with Crippen LogP contribution in [0.3, 0.4) is 0 Å². The number of para-hydroxylation sites is 1. The summed E-state index contributed by atoms with van der Waals surface area (Å²) in [6.07, 6.45) is -0.494. The summed E-state index contributed by atoms with van der Waals surface area (Å²) in [5.74, 6) is 0.864. The van der Waals surface area contributed by atoms with Gasteiger partial charge < -0.3 is 14.7 Å². The zero-order valence-corrected chi connectivity index (χ0v) is 14.2. The minimum Gasteiger partial charge on any atom is -0.485 e. The number of likely N-dealkylation sites (N-methyl/N-ethyl adjacent to an activating group) is 1. The van der Waals surface area contributed by atoms with Crippen LogP contribution in [0.4, 0.5) is 0 Å². The summed E-state index contributed by atoms with van der Waals surface area (Å²) in [7, 11) is 0. The number of benzene rings is 1. The van der Waals surface area contributed by atoms with Gasteiger partial charge in [0.15, 0.2) is 0 Å². The number of ether oxygens (including phenoxy) is 1. The van der Waals surface area contributed by atoms with E-state index in [2.05, 4.69) is 30.6 Å². The molecule has 22 heavy (non-hydrogen) atoms. The number of aliphatic hydroxyl groups is 1. The Morgan fingerprint density at radius 3 is 2.55 bits per heavy atom. The Morgan fingerprint density at radius 1 is 1.23 bits per heavy atom. The highest BCUT2D eigenvalue weighted by atomic mass is 16.5. The van der Waals surface area contributed by atoms with Crippen molar-refractivity contribution in [3.05, 3.63) is 29.3 Å². The van der Waals surface area contributed by atoms with Crippen molar-refractivity contribution in [1.29, 1.82) is 0 Å². The predicted molar refractivity (Wildman–Crippen MR) is 88.3 cm³/mol. The van der Waals surface area contributed by atoms with Crippen molar-refractivity contribution in [3.8, 4) is 5.75 Å². The minimum absolute atomic E-state index is 0.000746. The van der Waals surface area contributed by atoms with Gasteiger partial charge in [0.05, 0.1) is 6.04 Å². The molecule has 0 saturated carbocycles. The molecule has 0 aliphatic carbocycles. The predicted octanol–water partition coefficient (Wildman–Crippen LogP) is 2.21. The van der Waals surface area contributed by atoms with Gasteiger partial charge in [0.25, 0.3) is 0 Å². The second-order valence-electron chi connectivity index (χ2n) is 7.06.